The first kappa shape index (κ1) is 23.0. The van der Waals surface area contributed by atoms with Gasteiger partial charge in [0.05, 0.1) is 28.6 Å². The van der Waals surface area contributed by atoms with Gasteiger partial charge in [0.1, 0.15) is 22.7 Å². The molecule has 1 amide bonds. The third kappa shape index (κ3) is 4.59. The van der Waals surface area contributed by atoms with E-state index >= 15 is 0 Å². The van der Waals surface area contributed by atoms with Gasteiger partial charge in [-0.15, -0.1) is 0 Å². The lowest BCUT2D eigenvalue weighted by Gasteiger charge is -2.14. The Balaban J connectivity index is 1.46. The van der Waals surface area contributed by atoms with Gasteiger partial charge >= 0.3 is 0 Å². The van der Waals surface area contributed by atoms with E-state index in [0.717, 1.165) is 5.56 Å². The molecule has 0 aliphatic heterocycles. The molecule has 0 fully saturated rings. The van der Waals surface area contributed by atoms with Crippen molar-refractivity contribution in [2.24, 2.45) is 0 Å². The van der Waals surface area contributed by atoms with Gasteiger partial charge in [-0.1, -0.05) is 48.5 Å². The molecule has 36 heavy (non-hydrogen) atoms. The fourth-order valence-electron chi connectivity index (χ4n) is 3.95. The Morgan fingerprint density at radius 1 is 0.972 bits per heavy atom. The summed E-state index contributed by atoms with van der Waals surface area (Å²) in [5.41, 5.74) is 2.36. The highest BCUT2D eigenvalue weighted by atomic mass is 19.1. The summed E-state index contributed by atoms with van der Waals surface area (Å²) in [6, 6.07) is 21.7. The number of hydrogen-bond donors (Lipinski definition) is 5. The van der Waals surface area contributed by atoms with E-state index in [-0.39, 0.29) is 29.1 Å². The average molecular weight is 484 g/mol. The molecule has 0 unspecified atom stereocenters. The van der Waals surface area contributed by atoms with Gasteiger partial charge in [0.25, 0.3) is 11.5 Å². The Morgan fingerprint density at radius 2 is 1.75 bits per heavy atom. The van der Waals surface area contributed by atoms with Crippen molar-refractivity contribution in [3.05, 3.63) is 112 Å². The molecule has 0 bridgehead atoms. The Morgan fingerprint density at radius 3 is 2.56 bits per heavy atom. The molecular weight excluding hydrogens is 461 g/mol. The molecule has 8 nitrogen and oxygen atoms in total. The van der Waals surface area contributed by atoms with E-state index in [2.05, 4.69) is 25.6 Å². The summed E-state index contributed by atoms with van der Waals surface area (Å²) in [6.45, 7) is 0.171. The minimum atomic E-state index is -0.783. The normalized spacial score (nSPS) is 11.8. The summed E-state index contributed by atoms with van der Waals surface area (Å²) in [6.07, 6.45) is 0.723. The van der Waals surface area contributed by atoms with Crippen molar-refractivity contribution in [1.29, 1.82) is 0 Å². The molecule has 2 heterocycles. The van der Waals surface area contributed by atoms with Crippen LogP contribution >= 0.6 is 0 Å². The van der Waals surface area contributed by atoms with Crippen molar-refractivity contribution in [2.45, 2.75) is 6.10 Å². The molecule has 2 aromatic heterocycles. The highest BCUT2D eigenvalue weighted by Crippen LogP contribution is 2.28. The summed E-state index contributed by atoms with van der Waals surface area (Å²) < 4.78 is 14.1. The lowest BCUT2D eigenvalue weighted by molar-refractivity contribution is 0.102. The van der Waals surface area contributed by atoms with Crippen LogP contribution in [0.15, 0.2) is 89.9 Å². The minimum Gasteiger partial charge on any atom is -0.387 e. The fourth-order valence-corrected chi connectivity index (χ4v) is 3.95. The second-order valence-electron chi connectivity index (χ2n) is 8.12. The van der Waals surface area contributed by atoms with Crippen molar-refractivity contribution >= 4 is 28.3 Å². The number of nitrogens with zero attached hydrogens (tertiary/aromatic N) is 1. The van der Waals surface area contributed by atoms with E-state index < -0.39 is 17.8 Å². The Labute approximate surface area is 204 Å². The molecule has 5 rings (SSSR count). The summed E-state index contributed by atoms with van der Waals surface area (Å²) in [7, 11) is 0. The molecule has 0 saturated carbocycles. The summed E-state index contributed by atoms with van der Waals surface area (Å²) in [4.78, 5) is 35.8. The van der Waals surface area contributed by atoms with Gasteiger partial charge in [0.15, 0.2) is 0 Å². The number of imidazole rings is 1. The fraction of sp³-hybridized carbons (Fsp3) is 0.0741. The molecular formula is C27H22FN5O3. The van der Waals surface area contributed by atoms with Gasteiger partial charge in [0.2, 0.25) is 0 Å². The number of anilines is 2. The number of pyridine rings is 1. The number of aliphatic hydroxyl groups excluding tert-OH is 1. The Kier molecular flexibility index (Phi) is 6.29. The number of nitrogens with one attached hydrogen (secondary N) is 4. The monoisotopic (exact) mass is 483 g/mol. The van der Waals surface area contributed by atoms with Gasteiger partial charge in [-0.3, -0.25) is 9.59 Å². The molecule has 5 N–H and O–H groups in total. The number of hydrogen-bond acceptors (Lipinski definition) is 5. The summed E-state index contributed by atoms with van der Waals surface area (Å²) in [5, 5.41) is 16.3. The van der Waals surface area contributed by atoms with Gasteiger partial charge in [-0.05, 0) is 35.9 Å². The number of amides is 1. The smallest absolute Gasteiger partial charge is 0.261 e. The van der Waals surface area contributed by atoms with E-state index in [0.29, 0.717) is 22.4 Å². The first-order valence-corrected chi connectivity index (χ1v) is 11.2. The average Bonchev–Trinajstić information content (AvgIpc) is 3.33. The molecule has 1 atom stereocenters. The molecule has 0 aliphatic rings. The van der Waals surface area contributed by atoms with E-state index in [1.165, 1.54) is 24.4 Å². The molecule has 180 valence electrons. The Bertz CT molecular complexity index is 1600. The van der Waals surface area contributed by atoms with E-state index in [9.17, 15) is 19.1 Å². The van der Waals surface area contributed by atoms with Crippen LogP contribution in [0.1, 0.15) is 22.0 Å². The zero-order valence-electron chi connectivity index (χ0n) is 19.0. The minimum absolute atomic E-state index is 0.0896. The van der Waals surface area contributed by atoms with Crippen LogP contribution < -0.4 is 16.2 Å². The number of rotatable bonds is 7. The zero-order valence-corrected chi connectivity index (χ0v) is 19.0. The quantitative estimate of drug-likeness (QED) is 0.234. The van der Waals surface area contributed by atoms with Crippen molar-refractivity contribution in [1.82, 2.24) is 15.0 Å². The van der Waals surface area contributed by atoms with Gasteiger partial charge in [-0.2, -0.15) is 0 Å². The third-order valence-electron chi connectivity index (χ3n) is 5.75. The van der Waals surface area contributed by atoms with Crippen LogP contribution in [-0.2, 0) is 0 Å². The van der Waals surface area contributed by atoms with Crippen molar-refractivity contribution in [3.8, 4) is 11.4 Å². The zero-order chi connectivity index (χ0) is 25.1. The number of fused-ring (bicyclic) bond motifs is 1. The lowest BCUT2D eigenvalue weighted by Crippen LogP contribution is -2.17. The van der Waals surface area contributed by atoms with Crippen LogP contribution in [0.2, 0.25) is 0 Å². The maximum atomic E-state index is 14.1. The number of carbonyl (C=O) groups excluding carboxylic acids is 1. The standard InChI is InChI=1S/C27H22FN5O3/c28-18-10-5-4-9-17(18)26(35)32-21-12-6-11-20-24(21)33-25(31-20)23-19(13-14-29-27(23)36)30-15-22(34)16-7-2-1-3-8-16/h1-14,22,34H,15H2,(H,31,33)(H,32,35)(H2,29,30,36)/t22-/m1/s1. The van der Waals surface area contributed by atoms with Crippen LogP contribution in [0.4, 0.5) is 15.8 Å². The molecule has 0 aliphatic carbocycles. The van der Waals surface area contributed by atoms with Crippen LogP contribution in [0, 0.1) is 5.82 Å². The summed E-state index contributed by atoms with van der Waals surface area (Å²) >= 11 is 0. The van der Waals surface area contributed by atoms with Crippen LogP contribution in [0.25, 0.3) is 22.4 Å². The number of aliphatic hydroxyl groups is 1. The van der Waals surface area contributed by atoms with Crippen molar-refractivity contribution in [2.75, 3.05) is 17.2 Å². The molecule has 0 saturated heterocycles. The first-order valence-electron chi connectivity index (χ1n) is 11.2. The predicted octanol–water partition coefficient (Wildman–Crippen LogP) is 4.46. The number of carbonyl (C=O) groups is 1. The molecule has 3 aromatic carbocycles. The first-order chi connectivity index (χ1) is 17.5. The molecule has 9 heteroatoms. The van der Waals surface area contributed by atoms with E-state index in [1.54, 1.807) is 30.3 Å². The largest absolute Gasteiger partial charge is 0.387 e. The maximum Gasteiger partial charge on any atom is 0.261 e. The van der Waals surface area contributed by atoms with Gasteiger partial charge in [0, 0.05) is 12.7 Å². The summed E-state index contributed by atoms with van der Waals surface area (Å²) in [5.74, 6) is -0.967. The molecule has 5 aromatic rings. The van der Waals surface area contributed by atoms with Crippen molar-refractivity contribution < 1.29 is 14.3 Å². The van der Waals surface area contributed by atoms with Crippen LogP contribution in [0.5, 0.6) is 0 Å². The number of para-hydroxylation sites is 1. The van der Waals surface area contributed by atoms with Crippen LogP contribution in [-0.4, -0.2) is 32.5 Å². The van der Waals surface area contributed by atoms with Crippen molar-refractivity contribution in [3.63, 3.8) is 0 Å². The number of benzene rings is 3. The maximum absolute atomic E-state index is 14.1. The number of aromatic amines is 2. The lowest BCUT2D eigenvalue weighted by atomic mass is 10.1. The topological polar surface area (TPSA) is 123 Å². The highest BCUT2D eigenvalue weighted by Gasteiger charge is 2.18. The molecule has 0 radical (unpaired) electrons. The van der Waals surface area contributed by atoms with E-state index in [4.69, 9.17) is 0 Å². The third-order valence-corrected chi connectivity index (χ3v) is 5.75. The SMILES string of the molecule is O=C(Nc1cccc2[nH]c(-c3c(NC[C@@H](O)c4ccccc4)cc[nH]c3=O)nc12)c1ccccc1F. The second-order valence-corrected chi connectivity index (χ2v) is 8.12. The predicted molar refractivity (Wildman–Crippen MR) is 136 cm³/mol. The van der Waals surface area contributed by atoms with Crippen LogP contribution in [0.3, 0.4) is 0 Å². The van der Waals surface area contributed by atoms with Gasteiger partial charge < -0.3 is 25.7 Å². The van der Waals surface area contributed by atoms with E-state index in [1.807, 2.05) is 30.3 Å². The Hall–Kier alpha value is -4.76. The molecule has 0 spiro atoms. The second kappa shape index (κ2) is 9.85. The number of H-pyrrole nitrogens is 2. The number of aromatic nitrogens is 3. The van der Waals surface area contributed by atoms with Gasteiger partial charge in [-0.25, -0.2) is 9.37 Å². The number of halogens is 1. The highest BCUT2D eigenvalue weighted by molar-refractivity contribution is 6.08.